The van der Waals surface area contributed by atoms with Crippen LogP contribution in [0.4, 0.5) is 5.82 Å². The average Bonchev–Trinajstić information content (AvgIpc) is 3.31. The molecule has 0 bridgehead atoms. The SMILES string of the molecule is CCCN1CCN(c2cc(C3NNC4CCC(OC5(C)CC5)CC43)ncn2)CC1. The fourth-order valence-electron chi connectivity index (χ4n) is 5.33. The molecule has 0 spiro atoms. The Morgan fingerprint density at radius 3 is 2.72 bits per heavy atom. The van der Waals surface area contributed by atoms with E-state index in [-0.39, 0.29) is 11.6 Å². The Labute approximate surface area is 174 Å². The van der Waals surface area contributed by atoms with Crippen LogP contribution in [0.25, 0.3) is 0 Å². The van der Waals surface area contributed by atoms with Gasteiger partial charge in [0.1, 0.15) is 12.1 Å². The van der Waals surface area contributed by atoms with Gasteiger partial charge in [-0.15, -0.1) is 0 Å². The number of piperazine rings is 1. The number of anilines is 1. The topological polar surface area (TPSA) is 65.5 Å². The highest BCUT2D eigenvalue weighted by Crippen LogP contribution is 2.45. The Hall–Kier alpha value is -1.28. The van der Waals surface area contributed by atoms with Gasteiger partial charge in [-0.25, -0.2) is 15.4 Å². The van der Waals surface area contributed by atoms with E-state index < -0.39 is 0 Å². The molecule has 2 aliphatic heterocycles. The maximum Gasteiger partial charge on any atom is 0.132 e. The van der Waals surface area contributed by atoms with Gasteiger partial charge in [-0.3, -0.25) is 10.3 Å². The minimum absolute atomic E-state index is 0.161. The van der Waals surface area contributed by atoms with Crippen LogP contribution in [0, 0.1) is 5.92 Å². The van der Waals surface area contributed by atoms with Crippen molar-refractivity contribution in [1.29, 1.82) is 0 Å². The lowest BCUT2D eigenvalue weighted by molar-refractivity contribution is -0.0500. The van der Waals surface area contributed by atoms with Crippen molar-refractivity contribution >= 4 is 5.82 Å². The van der Waals surface area contributed by atoms with Crippen molar-refractivity contribution in [2.24, 2.45) is 5.92 Å². The van der Waals surface area contributed by atoms with E-state index in [9.17, 15) is 0 Å². The molecule has 4 aliphatic rings. The predicted octanol–water partition coefficient (Wildman–Crippen LogP) is 2.26. The highest BCUT2D eigenvalue weighted by Gasteiger charge is 2.46. The average molecular weight is 401 g/mol. The number of hydrazine groups is 1. The molecular formula is C22H36N6O. The quantitative estimate of drug-likeness (QED) is 0.759. The van der Waals surface area contributed by atoms with Crippen LogP contribution in [0.5, 0.6) is 0 Å². The highest BCUT2D eigenvalue weighted by molar-refractivity contribution is 5.40. The van der Waals surface area contributed by atoms with Gasteiger partial charge >= 0.3 is 0 Å². The number of aromatic nitrogens is 2. The largest absolute Gasteiger partial charge is 0.372 e. The van der Waals surface area contributed by atoms with Gasteiger partial charge in [-0.1, -0.05) is 6.92 Å². The summed E-state index contributed by atoms with van der Waals surface area (Å²) in [4.78, 5) is 14.2. The van der Waals surface area contributed by atoms with Crippen molar-refractivity contribution in [1.82, 2.24) is 25.7 Å². The summed E-state index contributed by atoms with van der Waals surface area (Å²) >= 11 is 0. The van der Waals surface area contributed by atoms with E-state index >= 15 is 0 Å². The van der Waals surface area contributed by atoms with Gasteiger partial charge in [0.15, 0.2) is 0 Å². The molecule has 2 aliphatic carbocycles. The molecule has 4 atom stereocenters. The molecule has 29 heavy (non-hydrogen) atoms. The lowest BCUT2D eigenvalue weighted by atomic mass is 9.79. The second kappa shape index (κ2) is 8.10. The second-order valence-electron chi connectivity index (χ2n) is 9.67. The summed E-state index contributed by atoms with van der Waals surface area (Å²) in [6.45, 7) is 10.1. The third-order valence-corrected chi connectivity index (χ3v) is 7.34. The Bertz CT molecular complexity index is 702. The maximum absolute atomic E-state index is 6.43. The van der Waals surface area contributed by atoms with E-state index in [1.165, 1.54) is 32.2 Å². The number of rotatable bonds is 6. The van der Waals surface area contributed by atoms with E-state index in [2.05, 4.69) is 50.5 Å². The summed E-state index contributed by atoms with van der Waals surface area (Å²) in [5, 5.41) is 0. The van der Waals surface area contributed by atoms with Crippen molar-refractivity contribution in [2.75, 3.05) is 37.6 Å². The zero-order valence-electron chi connectivity index (χ0n) is 17.9. The summed E-state index contributed by atoms with van der Waals surface area (Å²) in [5.74, 6) is 1.60. The zero-order chi connectivity index (χ0) is 19.8. The first-order valence-electron chi connectivity index (χ1n) is 11.6. The van der Waals surface area contributed by atoms with Crippen LogP contribution in [0.2, 0.25) is 0 Å². The van der Waals surface area contributed by atoms with Crippen LogP contribution in [0.15, 0.2) is 12.4 Å². The molecule has 4 unspecified atom stereocenters. The van der Waals surface area contributed by atoms with Crippen molar-refractivity contribution in [2.45, 2.75) is 76.2 Å². The van der Waals surface area contributed by atoms with Gasteiger partial charge in [0.2, 0.25) is 0 Å². The van der Waals surface area contributed by atoms with Gasteiger partial charge in [0.05, 0.1) is 23.4 Å². The Morgan fingerprint density at radius 2 is 1.97 bits per heavy atom. The van der Waals surface area contributed by atoms with Crippen molar-refractivity contribution in [3.05, 3.63) is 18.1 Å². The van der Waals surface area contributed by atoms with E-state index in [1.807, 2.05) is 0 Å². The molecule has 1 aromatic heterocycles. The van der Waals surface area contributed by atoms with Gasteiger partial charge in [-0.05, 0) is 52.0 Å². The van der Waals surface area contributed by atoms with Crippen LogP contribution in [-0.2, 0) is 4.74 Å². The molecule has 2 N–H and O–H groups in total. The molecule has 0 radical (unpaired) electrons. The Morgan fingerprint density at radius 1 is 1.14 bits per heavy atom. The zero-order valence-corrected chi connectivity index (χ0v) is 17.9. The number of nitrogens with one attached hydrogen (secondary N) is 2. The van der Waals surface area contributed by atoms with Crippen molar-refractivity contribution < 1.29 is 4.74 Å². The maximum atomic E-state index is 6.43. The fourth-order valence-corrected chi connectivity index (χ4v) is 5.33. The third kappa shape index (κ3) is 4.29. The van der Waals surface area contributed by atoms with Crippen LogP contribution >= 0.6 is 0 Å². The van der Waals surface area contributed by atoms with E-state index in [0.29, 0.717) is 18.1 Å². The number of ether oxygens (including phenoxy) is 1. The summed E-state index contributed by atoms with van der Waals surface area (Å²) in [6.07, 6.45) is 9.25. The van der Waals surface area contributed by atoms with Gasteiger partial charge in [0, 0.05) is 44.2 Å². The molecule has 0 aromatic carbocycles. The van der Waals surface area contributed by atoms with Crippen LogP contribution < -0.4 is 15.8 Å². The summed E-state index contributed by atoms with van der Waals surface area (Å²) in [6, 6.07) is 2.97. The Balaban J connectivity index is 1.25. The summed E-state index contributed by atoms with van der Waals surface area (Å²) < 4.78 is 6.43. The second-order valence-corrected chi connectivity index (χ2v) is 9.67. The monoisotopic (exact) mass is 400 g/mol. The van der Waals surface area contributed by atoms with E-state index in [0.717, 1.165) is 50.5 Å². The molecule has 7 nitrogen and oxygen atoms in total. The van der Waals surface area contributed by atoms with Gasteiger partial charge < -0.3 is 9.64 Å². The predicted molar refractivity (Wildman–Crippen MR) is 114 cm³/mol. The molecule has 4 fully saturated rings. The van der Waals surface area contributed by atoms with Crippen LogP contribution in [-0.4, -0.2) is 65.3 Å². The smallest absolute Gasteiger partial charge is 0.132 e. The normalized spacial score (nSPS) is 34.2. The van der Waals surface area contributed by atoms with Crippen LogP contribution in [0.1, 0.15) is 64.1 Å². The van der Waals surface area contributed by atoms with E-state index in [1.54, 1.807) is 6.33 Å². The summed E-state index contributed by atoms with van der Waals surface area (Å²) in [5.41, 5.74) is 8.36. The highest BCUT2D eigenvalue weighted by atomic mass is 16.5. The minimum Gasteiger partial charge on any atom is -0.372 e. The van der Waals surface area contributed by atoms with Crippen molar-refractivity contribution in [3.8, 4) is 0 Å². The molecule has 160 valence electrons. The standard InChI is InChI=1S/C22H36N6O/c1-3-8-27-9-11-28(12-10-27)20-14-19(23-15-24-20)21-17-13-16(29-22(2)6-7-22)4-5-18(17)25-26-21/h14-18,21,25-26H,3-13H2,1-2H3. The molecule has 5 rings (SSSR count). The van der Waals surface area contributed by atoms with Gasteiger partial charge in [0.25, 0.3) is 0 Å². The number of hydrogen-bond donors (Lipinski definition) is 2. The molecule has 3 heterocycles. The fraction of sp³-hybridized carbons (Fsp3) is 0.818. The van der Waals surface area contributed by atoms with Crippen LogP contribution in [0.3, 0.4) is 0 Å². The lowest BCUT2D eigenvalue weighted by Gasteiger charge is -2.36. The number of fused-ring (bicyclic) bond motifs is 1. The molecule has 2 saturated heterocycles. The lowest BCUT2D eigenvalue weighted by Crippen LogP contribution is -2.46. The molecular weight excluding hydrogens is 364 g/mol. The van der Waals surface area contributed by atoms with Crippen molar-refractivity contribution in [3.63, 3.8) is 0 Å². The molecule has 1 aromatic rings. The molecule has 7 heteroatoms. The first-order chi connectivity index (χ1) is 14.1. The number of nitrogens with zero attached hydrogens (tertiary/aromatic N) is 4. The molecule has 0 amide bonds. The first-order valence-corrected chi connectivity index (χ1v) is 11.6. The number of hydrogen-bond acceptors (Lipinski definition) is 7. The third-order valence-electron chi connectivity index (χ3n) is 7.34. The Kier molecular flexibility index (Phi) is 5.49. The summed E-state index contributed by atoms with van der Waals surface area (Å²) in [7, 11) is 0. The van der Waals surface area contributed by atoms with E-state index in [4.69, 9.17) is 4.74 Å². The first kappa shape index (κ1) is 19.7. The minimum atomic E-state index is 0.161. The van der Waals surface area contributed by atoms with Gasteiger partial charge in [-0.2, -0.15) is 0 Å². The molecule has 2 saturated carbocycles.